The van der Waals surface area contributed by atoms with Gasteiger partial charge >= 0.3 is 0 Å². The van der Waals surface area contributed by atoms with E-state index >= 15 is 0 Å². The highest BCUT2D eigenvalue weighted by molar-refractivity contribution is 6.18. The largest absolute Gasteiger partial charge is 0.358 e. The molecule has 3 rings (SSSR count). The van der Waals surface area contributed by atoms with E-state index in [4.69, 9.17) is 11.6 Å². The number of alkyl halides is 1. The minimum Gasteiger partial charge on any atom is -0.358 e. The van der Waals surface area contributed by atoms with Crippen LogP contribution >= 0.6 is 11.6 Å². The quantitative estimate of drug-likeness (QED) is 0.750. The van der Waals surface area contributed by atoms with E-state index in [9.17, 15) is 0 Å². The van der Waals surface area contributed by atoms with Crippen molar-refractivity contribution in [1.82, 2.24) is 14.5 Å². The summed E-state index contributed by atoms with van der Waals surface area (Å²) < 4.78 is 1.97. The van der Waals surface area contributed by atoms with Gasteiger partial charge in [0.15, 0.2) is 5.82 Å². The van der Waals surface area contributed by atoms with Crippen LogP contribution in [-0.4, -0.2) is 20.4 Å². The number of nitrogens with one attached hydrogen (secondary N) is 1. The Morgan fingerprint density at radius 2 is 1.95 bits per heavy atom. The Morgan fingerprint density at radius 3 is 2.67 bits per heavy atom. The van der Waals surface area contributed by atoms with E-state index in [0.717, 1.165) is 22.4 Å². The minimum atomic E-state index is -0.401. The lowest BCUT2D eigenvalue weighted by Gasteiger charge is -2.30. The first-order chi connectivity index (χ1) is 10.1. The van der Waals surface area contributed by atoms with Gasteiger partial charge in [-0.05, 0) is 18.6 Å². The first-order valence-electron chi connectivity index (χ1n) is 6.80. The number of fused-ring (bicyclic) bond motifs is 1. The average molecular weight is 301 g/mol. The van der Waals surface area contributed by atoms with Crippen molar-refractivity contribution in [2.24, 2.45) is 7.05 Å². The van der Waals surface area contributed by atoms with Gasteiger partial charge in [-0.25, -0.2) is 9.97 Å². The van der Waals surface area contributed by atoms with E-state index in [1.807, 2.05) is 35.9 Å². The molecule has 4 nitrogen and oxygen atoms in total. The molecule has 2 aromatic heterocycles. The predicted octanol–water partition coefficient (Wildman–Crippen LogP) is 3.53. The summed E-state index contributed by atoms with van der Waals surface area (Å²) in [6.07, 6.45) is 3.57. The number of aromatic nitrogens is 3. The lowest BCUT2D eigenvalue weighted by atomic mass is 9.94. The number of imidazole rings is 1. The fourth-order valence-electron chi connectivity index (χ4n) is 2.40. The monoisotopic (exact) mass is 300 g/mol. The number of hydrogen-bond acceptors (Lipinski definition) is 3. The third kappa shape index (κ3) is 2.47. The number of hydrogen-bond donors (Lipinski definition) is 1. The fraction of sp³-hybridized carbons (Fsp3) is 0.250. The maximum Gasteiger partial charge on any atom is 0.154 e. The van der Waals surface area contributed by atoms with E-state index in [1.165, 1.54) is 0 Å². The average Bonchev–Trinajstić information content (AvgIpc) is 2.91. The van der Waals surface area contributed by atoms with E-state index in [0.29, 0.717) is 5.88 Å². The van der Waals surface area contributed by atoms with E-state index in [-0.39, 0.29) is 0 Å². The van der Waals surface area contributed by atoms with Gasteiger partial charge in [-0.2, -0.15) is 0 Å². The first kappa shape index (κ1) is 13.9. The van der Waals surface area contributed by atoms with Crippen molar-refractivity contribution < 1.29 is 0 Å². The number of aryl methyl sites for hydroxylation is 1. The van der Waals surface area contributed by atoms with E-state index < -0.39 is 5.54 Å². The summed E-state index contributed by atoms with van der Waals surface area (Å²) in [6, 6.07) is 12.1. The second-order valence-electron chi connectivity index (χ2n) is 5.34. The molecule has 5 heteroatoms. The first-order valence-corrected chi connectivity index (χ1v) is 7.33. The van der Waals surface area contributed by atoms with Crippen LogP contribution in [0.25, 0.3) is 11.0 Å². The molecule has 0 aliphatic carbocycles. The Hall–Kier alpha value is -2.07. The minimum absolute atomic E-state index is 0.401. The number of benzene rings is 1. The molecule has 3 aromatic rings. The Morgan fingerprint density at radius 1 is 1.19 bits per heavy atom. The predicted molar refractivity (Wildman–Crippen MR) is 86.6 cm³/mol. The normalized spacial score (nSPS) is 14.0. The molecule has 21 heavy (non-hydrogen) atoms. The number of pyridine rings is 1. The summed E-state index contributed by atoms with van der Waals surface area (Å²) >= 11 is 6.23. The maximum atomic E-state index is 6.23. The molecule has 108 valence electrons. The van der Waals surface area contributed by atoms with E-state index in [1.54, 1.807) is 12.5 Å². The topological polar surface area (TPSA) is 42.7 Å². The highest BCUT2D eigenvalue weighted by atomic mass is 35.5. The van der Waals surface area contributed by atoms with E-state index in [2.05, 4.69) is 34.3 Å². The van der Waals surface area contributed by atoms with Crippen LogP contribution < -0.4 is 5.32 Å². The van der Waals surface area contributed by atoms with Crippen LogP contribution in [0.1, 0.15) is 12.5 Å². The number of anilines is 1. The maximum absolute atomic E-state index is 6.23. The molecular weight excluding hydrogens is 284 g/mol. The van der Waals surface area contributed by atoms with Crippen LogP contribution in [0.3, 0.4) is 0 Å². The molecule has 0 fully saturated rings. The molecule has 0 saturated carbocycles. The van der Waals surface area contributed by atoms with Crippen molar-refractivity contribution in [3.05, 3.63) is 54.5 Å². The van der Waals surface area contributed by atoms with Gasteiger partial charge in [-0.15, -0.1) is 11.6 Å². The summed E-state index contributed by atoms with van der Waals surface area (Å²) in [5.41, 5.74) is 2.61. The summed E-state index contributed by atoms with van der Waals surface area (Å²) in [7, 11) is 1.97. The molecule has 0 radical (unpaired) electrons. The van der Waals surface area contributed by atoms with Crippen LogP contribution in [-0.2, 0) is 12.6 Å². The molecule has 1 atom stereocenters. The summed E-state index contributed by atoms with van der Waals surface area (Å²) in [4.78, 5) is 8.86. The van der Waals surface area contributed by atoms with Gasteiger partial charge in [0.2, 0.25) is 0 Å². The summed E-state index contributed by atoms with van der Waals surface area (Å²) in [6.45, 7) is 2.07. The highest BCUT2D eigenvalue weighted by Crippen LogP contribution is 2.29. The van der Waals surface area contributed by atoms with Gasteiger partial charge in [0, 0.05) is 19.1 Å². The summed E-state index contributed by atoms with van der Waals surface area (Å²) in [5.74, 6) is 1.18. The highest BCUT2D eigenvalue weighted by Gasteiger charge is 2.26. The van der Waals surface area contributed by atoms with Gasteiger partial charge in [0.25, 0.3) is 0 Å². The lowest BCUT2D eigenvalue weighted by molar-refractivity contribution is 0.614. The van der Waals surface area contributed by atoms with Crippen LogP contribution in [0.5, 0.6) is 0 Å². The smallest absolute Gasteiger partial charge is 0.154 e. The van der Waals surface area contributed by atoms with Crippen LogP contribution in [0.15, 0.2) is 48.9 Å². The molecular formula is C16H17ClN4. The van der Waals surface area contributed by atoms with Crippen molar-refractivity contribution in [2.75, 3.05) is 11.2 Å². The molecule has 1 N–H and O–H groups in total. The Labute approximate surface area is 128 Å². The molecule has 0 aliphatic heterocycles. The zero-order valence-electron chi connectivity index (χ0n) is 12.0. The van der Waals surface area contributed by atoms with Crippen molar-refractivity contribution >= 4 is 28.5 Å². The van der Waals surface area contributed by atoms with Gasteiger partial charge in [-0.1, -0.05) is 30.3 Å². The van der Waals surface area contributed by atoms with Crippen molar-refractivity contribution in [2.45, 2.75) is 12.5 Å². The fourth-order valence-corrected chi connectivity index (χ4v) is 2.62. The standard InChI is InChI=1S/C16H17ClN4/c1-16(10-17,12-6-4-3-5-7-12)20-15-14-13(8-9-18-15)21(2)11-19-14/h3-9,11H,10H2,1-2H3,(H,18,20). The van der Waals surface area contributed by atoms with Crippen molar-refractivity contribution in [3.63, 3.8) is 0 Å². The number of rotatable bonds is 4. The molecule has 1 unspecified atom stereocenters. The van der Waals surface area contributed by atoms with Crippen LogP contribution in [0, 0.1) is 0 Å². The van der Waals surface area contributed by atoms with Gasteiger partial charge in [0.05, 0.1) is 17.4 Å². The molecule has 0 amide bonds. The second-order valence-corrected chi connectivity index (χ2v) is 5.61. The van der Waals surface area contributed by atoms with Crippen LogP contribution in [0.4, 0.5) is 5.82 Å². The van der Waals surface area contributed by atoms with Crippen molar-refractivity contribution in [1.29, 1.82) is 0 Å². The van der Waals surface area contributed by atoms with Crippen LogP contribution in [0.2, 0.25) is 0 Å². The lowest BCUT2D eigenvalue weighted by Crippen LogP contribution is -2.34. The Kier molecular flexibility index (Phi) is 3.55. The zero-order valence-corrected chi connectivity index (χ0v) is 12.8. The molecule has 0 saturated heterocycles. The molecule has 0 aliphatic rings. The third-order valence-corrected chi connectivity index (χ3v) is 4.25. The van der Waals surface area contributed by atoms with Gasteiger partial charge in [-0.3, -0.25) is 0 Å². The Balaban J connectivity index is 2.04. The molecule has 0 bridgehead atoms. The summed E-state index contributed by atoms with van der Waals surface area (Å²) in [5, 5.41) is 3.46. The number of nitrogens with zero attached hydrogens (tertiary/aromatic N) is 3. The SMILES string of the molecule is Cn1cnc2c(NC(C)(CCl)c3ccccc3)nccc21. The van der Waals surface area contributed by atoms with Gasteiger partial charge in [0.1, 0.15) is 5.52 Å². The number of halogens is 1. The molecule has 0 spiro atoms. The third-order valence-electron chi connectivity index (χ3n) is 3.72. The van der Waals surface area contributed by atoms with Crippen molar-refractivity contribution in [3.8, 4) is 0 Å². The second kappa shape index (κ2) is 5.37. The Bertz CT molecular complexity index is 753. The molecule has 2 heterocycles. The zero-order chi connectivity index (χ0) is 14.9. The molecule has 1 aromatic carbocycles. The van der Waals surface area contributed by atoms with Gasteiger partial charge < -0.3 is 9.88 Å².